The molecular formula is C22H26ClF2N3O2. The number of carbonyl (C=O) groups excluding carboxylic acids is 1. The lowest BCUT2D eigenvalue weighted by Crippen LogP contribution is -2.40. The van der Waals surface area contributed by atoms with Gasteiger partial charge in [0.05, 0.1) is 10.7 Å². The van der Waals surface area contributed by atoms with E-state index >= 15 is 0 Å². The lowest BCUT2D eigenvalue weighted by molar-refractivity contribution is 0.0292. The number of nitrogen functional groups attached to an aromatic ring is 1. The maximum absolute atomic E-state index is 14.4. The van der Waals surface area contributed by atoms with Crippen molar-refractivity contribution in [2.24, 2.45) is 0 Å². The van der Waals surface area contributed by atoms with E-state index in [1.54, 1.807) is 29.2 Å². The number of nitrogens with two attached hydrogens (primary N) is 1. The van der Waals surface area contributed by atoms with E-state index in [2.05, 4.69) is 0 Å². The molecule has 1 atom stereocenters. The number of benzene rings is 2. The van der Waals surface area contributed by atoms with E-state index in [1.165, 1.54) is 6.07 Å². The molecule has 1 heterocycles. The smallest absolute Gasteiger partial charge is 0.410 e. The summed E-state index contributed by atoms with van der Waals surface area (Å²) >= 11 is 6.21. The quantitative estimate of drug-likeness (QED) is 0.666. The summed E-state index contributed by atoms with van der Waals surface area (Å²) in [6.45, 7) is 6.46. The number of nitrogens with zero attached hydrogens (tertiary/aromatic N) is 2. The highest BCUT2D eigenvalue weighted by Crippen LogP contribution is 2.31. The van der Waals surface area contributed by atoms with Crippen molar-refractivity contribution in [3.63, 3.8) is 0 Å². The number of hydrogen-bond acceptors (Lipinski definition) is 4. The minimum absolute atomic E-state index is 0.122. The van der Waals surface area contributed by atoms with E-state index in [-0.39, 0.29) is 18.2 Å². The van der Waals surface area contributed by atoms with Gasteiger partial charge in [0.2, 0.25) is 0 Å². The van der Waals surface area contributed by atoms with Crippen molar-refractivity contribution in [2.75, 3.05) is 23.7 Å². The van der Waals surface area contributed by atoms with Gasteiger partial charge in [-0.2, -0.15) is 0 Å². The van der Waals surface area contributed by atoms with Gasteiger partial charge in [-0.25, -0.2) is 13.6 Å². The zero-order valence-corrected chi connectivity index (χ0v) is 18.0. The predicted molar refractivity (Wildman–Crippen MR) is 115 cm³/mol. The Hall–Kier alpha value is -2.54. The van der Waals surface area contributed by atoms with Gasteiger partial charge in [-0.05, 0) is 51.5 Å². The first-order valence-electron chi connectivity index (χ1n) is 9.77. The Labute approximate surface area is 180 Å². The maximum Gasteiger partial charge on any atom is 0.410 e. The molecule has 1 saturated heterocycles. The molecule has 8 heteroatoms. The second-order valence-corrected chi connectivity index (χ2v) is 8.82. The molecule has 1 fully saturated rings. The lowest BCUT2D eigenvalue weighted by atomic mass is 10.1. The van der Waals surface area contributed by atoms with Crippen LogP contribution in [0.5, 0.6) is 0 Å². The topological polar surface area (TPSA) is 58.8 Å². The van der Waals surface area contributed by atoms with Gasteiger partial charge in [0.1, 0.15) is 5.60 Å². The van der Waals surface area contributed by atoms with E-state index in [0.29, 0.717) is 35.9 Å². The summed E-state index contributed by atoms with van der Waals surface area (Å²) in [5, 5.41) is 0.374. The van der Waals surface area contributed by atoms with Gasteiger partial charge < -0.3 is 20.3 Å². The summed E-state index contributed by atoms with van der Waals surface area (Å²) in [5.41, 5.74) is 6.60. The van der Waals surface area contributed by atoms with Crippen LogP contribution < -0.4 is 10.6 Å². The number of anilines is 2. The molecule has 1 aliphatic heterocycles. The average Bonchev–Trinajstić information content (AvgIpc) is 3.14. The zero-order valence-electron chi connectivity index (χ0n) is 17.3. The van der Waals surface area contributed by atoms with Gasteiger partial charge in [-0.3, -0.25) is 0 Å². The SMILES string of the molecule is CC(C)(C)OC(=O)N1CC[C@H](N(Cc2cccc(F)c2F)c2ccc(N)c(Cl)c2)C1. The first-order valence-corrected chi connectivity index (χ1v) is 10.2. The minimum Gasteiger partial charge on any atom is -0.444 e. The molecule has 0 bridgehead atoms. The molecule has 1 aliphatic rings. The van der Waals surface area contributed by atoms with Crippen LogP contribution >= 0.6 is 11.6 Å². The van der Waals surface area contributed by atoms with Crippen LogP contribution in [0.25, 0.3) is 0 Å². The number of amides is 1. The van der Waals surface area contributed by atoms with Crippen molar-refractivity contribution in [1.29, 1.82) is 0 Å². The fourth-order valence-corrected chi connectivity index (χ4v) is 3.64. The summed E-state index contributed by atoms with van der Waals surface area (Å²) in [6.07, 6.45) is 0.260. The third-order valence-electron chi connectivity index (χ3n) is 4.94. The van der Waals surface area contributed by atoms with Crippen LogP contribution in [0.3, 0.4) is 0 Å². The Morgan fingerprint density at radius 3 is 2.70 bits per heavy atom. The number of rotatable bonds is 4. The molecule has 30 heavy (non-hydrogen) atoms. The molecule has 1 amide bonds. The molecular weight excluding hydrogens is 412 g/mol. The average molecular weight is 438 g/mol. The van der Waals surface area contributed by atoms with E-state index < -0.39 is 23.3 Å². The third-order valence-corrected chi connectivity index (χ3v) is 5.27. The van der Waals surface area contributed by atoms with Gasteiger partial charge in [0, 0.05) is 36.9 Å². The maximum atomic E-state index is 14.4. The molecule has 2 aromatic rings. The second kappa shape index (κ2) is 8.68. The first kappa shape index (κ1) is 22.2. The molecule has 2 aromatic carbocycles. The Balaban J connectivity index is 1.87. The van der Waals surface area contributed by atoms with Crippen molar-refractivity contribution in [3.05, 3.63) is 58.6 Å². The van der Waals surface area contributed by atoms with Gasteiger partial charge in [0.15, 0.2) is 11.6 Å². The summed E-state index contributed by atoms with van der Waals surface area (Å²) in [5.74, 6) is -1.78. The largest absolute Gasteiger partial charge is 0.444 e. The van der Waals surface area contributed by atoms with E-state index in [0.717, 1.165) is 6.07 Å². The number of halogens is 3. The van der Waals surface area contributed by atoms with E-state index in [4.69, 9.17) is 22.1 Å². The van der Waals surface area contributed by atoms with Crippen molar-refractivity contribution >= 4 is 29.1 Å². The molecule has 162 valence electrons. The van der Waals surface area contributed by atoms with Crippen LogP contribution in [-0.4, -0.2) is 35.7 Å². The molecule has 0 radical (unpaired) electrons. The molecule has 0 spiro atoms. The lowest BCUT2D eigenvalue weighted by Gasteiger charge is -2.32. The Morgan fingerprint density at radius 2 is 2.03 bits per heavy atom. The molecule has 0 saturated carbocycles. The van der Waals surface area contributed by atoms with Crippen molar-refractivity contribution in [3.8, 4) is 0 Å². The molecule has 0 aromatic heterocycles. The monoisotopic (exact) mass is 437 g/mol. The highest BCUT2D eigenvalue weighted by atomic mass is 35.5. The highest BCUT2D eigenvalue weighted by molar-refractivity contribution is 6.33. The molecule has 3 rings (SSSR count). The van der Waals surface area contributed by atoms with Crippen LogP contribution in [0, 0.1) is 11.6 Å². The summed E-state index contributed by atoms with van der Waals surface area (Å²) in [4.78, 5) is 16.0. The summed E-state index contributed by atoms with van der Waals surface area (Å²) in [6, 6.07) is 9.14. The van der Waals surface area contributed by atoms with Crippen LogP contribution in [0.15, 0.2) is 36.4 Å². The second-order valence-electron chi connectivity index (χ2n) is 8.42. The number of hydrogen-bond donors (Lipinski definition) is 1. The standard InChI is InChI=1S/C22H26ClF2N3O2/c1-22(2,3)30-21(29)27-10-9-16(13-27)28(15-7-8-19(26)17(23)11-15)12-14-5-4-6-18(24)20(14)25/h4-8,11,16H,9-10,12-13,26H2,1-3H3/t16-/m0/s1. The fraction of sp³-hybridized carbons (Fsp3) is 0.409. The third kappa shape index (κ3) is 5.14. The van der Waals surface area contributed by atoms with Crippen molar-refractivity contribution < 1.29 is 18.3 Å². The van der Waals surface area contributed by atoms with Crippen LogP contribution in [-0.2, 0) is 11.3 Å². The van der Waals surface area contributed by atoms with Crippen LogP contribution in [0.1, 0.15) is 32.8 Å². The molecule has 0 unspecified atom stereocenters. The Kier molecular flexibility index (Phi) is 6.41. The summed E-state index contributed by atoms with van der Waals surface area (Å²) in [7, 11) is 0. The normalized spacial score (nSPS) is 16.6. The fourth-order valence-electron chi connectivity index (χ4n) is 3.47. The first-order chi connectivity index (χ1) is 14.0. The van der Waals surface area contributed by atoms with Gasteiger partial charge >= 0.3 is 6.09 Å². The summed E-state index contributed by atoms with van der Waals surface area (Å²) < 4.78 is 33.6. The van der Waals surface area contributed by atoms with Crippen molar-refractivity contribution in [1.82, 2.24) is 4.90 Å². The van der Waals surface area contributed by atoms with Crippen LogP contribution in [0.2, 0.25) is 5.02 Å². The van der Waals surface area contributed by atoms with E-state index in [9.17, 15) is 13.6 Å². The number of ether oxygens (including phenoxy) is 1. The highest BCUT2D eigenvalue weighted by Gasteiger charge is 2.33. The molecule has 0 aliphatic carbocycles. The van der Waals surface area contributed by atoms with Crippen LogP contribution in [0.4, 0.5) is 25.0 Å². The predicted octanol–water partition coefficient (Wildman–Crippen LogP) is 5.22. The Morgan fingerprint density at radius 1 is 1.30 bits per heavy atom. The Bertz CT molecular complexity index is 933. The zero-order chi connectivity index (χ0) is 22.1. The van der Waals surface area contributed by atoms with Gasteiger partial charge in [-0.15, -0.1) is 0 Å². The number of carbonyl (C=O) groups is 1. The van der Waals surface area contributed by atoms with Gasteiger partial charge in [-0.1, -0.05) is 23.7 Å². The molecule has 5 nitrogen and oxygen atoms in total. The van der Waals surface area contributed by atoms with Gasteiger partial charge in [0.25, 0.3) is 0 Å². The molecule has 2 N–H and O–H groups in total. The number of likely N-dealkylation sites (tertiary alicyclic amines) is 1. The van der Waals surface area contributed by atoms with Crippen molar-refractivity contribution in [2.45, 2.75) is 45.4 Å². The van der Waals surface area contributed by atoms with E-state index in [1.807, 2.05) is 25.7 Å². The minimum atomic E-state index is -0.899.